The maximum atomic E-state index is 12.6. The minimum atomic E-state index is -0.164. The highest BCUT2D eigenvalue weighted by Crippen LogP contribution is 2.18. The van der Waals surface area contributed by atoms with E-state index in [9.17, 15) is 9.59 Å². The van der Waals surface area contributed by atoms with Crippen LogP contribution in [0.15, 0.2) is 0 Å². The Bertz CT molecular complexity index is 369. The van der Waals surface area contributed by atoms with Gasteiger partial charge in [0, 0.05) is 25.7 Å². The van der Waals surface area contributed by atoms with Crippen LogP contribution in [0, 0.1) is 11.8 Å². The maximum Gasteiger partial charge on any atom is 0.310 e. The number of rotatable bonds is 7. The highest BCUT2D eigenvalue weighted by Gasteiger charge is 2.30. The van der Waals surface area contributed by atoms with Gasteiger partial charge in [-0.2, -0.15) is 0 Å². The van der Waals surface area contributed by atoms with Gasteiger partial charge >= 0.3 is 5.97 Å². The third kappa shape index (κ3) is 5.95. The van der Waals surface area contributed by atoms with Gasteiger partial charge in [-0.15, -0.1) is 0 Å². The minimum absolute atomic E-state index is 0.128. The number of amides is 1. The largest absolute Gasteiger partial charge is 0.466 e. The van der Waals surface area contributed by atoms with Gasteiger partial charge in [0.1, 0.15) is 0 Å². The summed E-state index contributed by atoms with van der Waals surface area (Å²) in [6.07, 6.45) is 1.70. The fraction of sp³-hybridized carbons (Fsp3) is 0.882. The van der Waals surface area contributed by atoms with Crippen molar-refractivity contribution in [2.24, 2.45) is 11.8 Å². The number of likely N-dealkylation sites (tertiary alicyclic amines) is 1. The average Bonchev–Trinajstić information content (AvgIpc) is 2.46. The van der Waals surface area contributed by atoms with Crippen molar-refractivity contribution in [3.8, 4) is 0 Å². The molecule has 1 atom stereocenters. The zero-order valence-electron chi connectivity index (χ0n) is 14.8. The van der Waals surface area contributed by atoms with Crippen LogP contribution in [0.4, 0.5) is 0 Å². The van der Waals surface area contributed by atoms with Crippen LogP contribution < -0.4 is 0 Å². The van der Waals surface area contributed by atoms with Crippen LogP contribution in [0.1, 0.15) is 47.5 Å². The van der Waals surface area contributed by atoms with Gasteiger partial charge in [0.25, 0.3) is 0 Å². The Morgan fingerprint density at radius 1 is 1.27 bits per heavy atom. The summed E-state index contributed by atoms with van der Waals surface area (Å²) in [4.78, 5) is 28.5. The minimum Gasteiger partial charge on any atom is -0.466 e. The molecular formula is C17H32N2O3. The molecule has 22 heavy (non-hydrogen) atoms. The predicted octanol–water partition coefficient (Wildman–Crippen LogP) is 2.15. The number of nitrogens with zero attached hydrogens (tertiary/aromatic N) is 2. The second kappa shape index (κ2) is 9.13. The lowest BCUT2D eigenvalue weighted by Gasteiger charge is -2.34. The molecule has 1 heterocycles. The molecule has 0 radical (unpaired) electrons. The maximum absolute atomic E-state index is 12.6. The Hall–Kier alpha value is -1.10. The molecule has 5 nitrogen and oxygen atoms in total. The van der Waals surface area contributed by atoms with Crippen LogP contribution in [0.2, 0.25) is 0 Å². The zero-order valence-corrected chi connectivity index (χ0v) is 14.8. The number of hydrogen-bond donors (Lipinski definition) is 0. The predicted molar refractivity (Wildman–Crippen MR) is 87.5 cm³/mol. The summed E-state index contributed by atoms with van der Waals surface area (Å²) in [5.41, 5.74) is 0. The molecule has 1 amide bonds. The van der Waals surface area contributed by atoms with Gasteiger partial charge in [0.05, 0.1) is 19.1 Å². The standard InChI is InChI=1S/C17H32N2O3/c1-6-22-17(21)15-8-7-9-18(11-15)16(20)12-19(14(4)5)10-13(2)3/h13-15H,6-12H2,1-5H3. The summed E-state index contributed by atoms with van der Waals surface area (Å²) in [6, 6.07) is 0.344. The molecule has 1 unspecified atom stereocenters. The van der Waals surface area contributed by atoms with Gasteiger partial charge in [0.15, 0.2) is 0 Å². The van der Waals surface area contributed by atoms with Gasteiger partial charge in [-0.3, -0.25) is 14.5 Å². The van der Waals surface area contributed by atoms with E-state index in [0.29, 0.717) is 31.7 Å². The number of esters is 1. The summed E-state index contributed by atoms with van der Waals surface area (Å²) in [7, 11) is 0. The van der Waals surface area contributed by atoms with Crippen LogP contribution in [-0.4, -0.2) is 60.5 Å². The first-order valence-electron chi connectivity index (χ1n) is 8.53. The average molecular weight is 312 g/mol. The Morgan fingerprint density at radius 3 is 2.50 bits per heavy atom. The smallest absolute Gasteiger partial charge is 0.310 e. The van der Waals surface area contributed by atoms with E-state index in [4.69, 9.17) is 4.74 Å². The molecule has 0 bridgehead atoms. The molecule has 1 rings (SSSR count). The summed E-state index contributed by atoms with van der Waals surface area (Å²) in [5.74, 6) is 0.338. The Labute approximate surface area is 135 Å². The first-order valence-corrected chi connectivity index (χ1v) is 8.53. The lowest BCUT2D eigenvalue weighted by molar-refractivity contribution is -0.151. The lowest BCUT2D eigenvalue weighted by atomic mass is 9.98. The Balaban J connectivity index is 2.58. The van der Waals surface area contributed by atoms with Crippen molar-refractivity contribution >= 4 is 11.9 Å². The van der Waals surface area contributed by atoms with Crippen molar-refractivity contribution in [3.63, 3.8) is 0 Å². The SMILES string of the molecule is CCOC(=O)C1CCCN(C(=O)CN(CC(C)C)C(C)C)C1. The van der Waals surface area contributed by atoms with Gasteiger partial charge in [-0.1, -0.05) is 13.8 Å². The van der Waals surface area contributed by atoms with Crippen LogP contribution in [0.5, 0.6) is 0 Å². The van der Waals surface area contributed by atoms with E-state index < -0.39 is 0 Å². The monoisotopic (exact) mass is 312 g/mol. The van der Waals surface area contributed by atoms with Crippen molar-refractivity contribution in [1.29, 1.82) is 0 Å². The van der Waals surface area contributed by atoms with Crippen molar-refractivity contribution in [3.05, 3.63) is 0 Å². The number of carbonyl (C=O) groups excluding carboxylic acids is 2. The van der Waals surface area contributed by atoms with Gasteiger partial charge < -0.3 is 9.64 Å². The van der Waals surface area contributed by atoms with E-state index in [-0.39, 0.29) is 17.8 Å². The molecular weight excluding hydrogens is 280 g/mol. The molecule has 0 aliphatic carbocycles. The molecule has 0 spiro atoms. The van der Waals surface area contributed by atoms with Crippen molar-refractivity contribution in [1.82, 2.24) is 9.80 Å². The molecule has 5 heteroatoms. The molecule has 0 saturated carbocycles. The van der Waals surface area contributed by atoms with Gasteiger partial charge in [-0.25, -0.2) is 0 Å². The van der Waals surface area contributed by atoms with E-state index in [2.05, 4.69) is 32.6 Å². The fourth-order valence-electron chi connectivity index (χ4n) is 2.86. The summed E-state index contributed by atoms with van der Waals surface area (Å²) >= 11 is 0. The fourth-order valence-corrected chi connectivity index (χ4v) is 2.86. The first-order chi connectivity index (χ1) is 10.3. The van der Waals surface area contributed by atoms with Crippen molar-refractivity contribution < 1.29 is 14.3 Å². The molecule has 1 aliphatic rings. The van der Waals surface area contributed by atoms with Gasteiger partial charge in [-0.05, 0) is 39.5 Å². The number of ether oxygens (including phenoxy) is 1. The zero-order chi connectivity index (χ0) is 16.7. The summed E-state index contributed by atoms with van der Waals surface area (Å²) in [5, 5.41) is 0. The van der Waals surface area contributed by atoms with E-state index in [1.165, 1.54) is 0 Å². The molecule has 0 aromatic heterocycles. The second-order valence-corrected chi connectivity index (χ2v) is 6.85. The number of carbonyl (C=O) groups is 2. The molecule has 1 saturated heterocycles. The summed E-state index contributed by atoms with van der Waals surface area (Å²) < 4.78 is 5.09. The molecule has 1 fully saturated rings. The Morgan fingerprint density at radius 2 is 1.95 bits per heavy atom. The van der Waals surface area contributed by atoms with Crippen molar-refractivity contribution in [2.45, 2.75) is 53.5 Å². The second-order valence-electron chi connectivity index (χ2n) is 6.85. The first kappa shape index (κ1) is 18.9. The van der Waals surface area contributed by atoms with Crippen LogP contribution in [-0.2, 0) is 14.3 Å². The van der Waals surface area contributed by atoms with E-state index in [1.54, 1.807) is 0 Å². The van der Waals surface area contributed by atoms with E-state index in [0.717, 1.165) is 25.9 Å². The lowest BCUT2D eigenvalue weighted by Crippen LogP contribution is -2.48. The molecule has 0 aromatic rings. The topological polar surface area (TPSA) is 49.9 Å². The molecule has 0 N–H and O–H groups in total. The third-order valence-electron chi connectivity index (χ3n) is 4.06. The van der Waals surface area contributed by atoms with E-state index >= 15 is 0 Å². The van der Waals surface area contributed by atoms with Crippen LogP contribution in [0.25, 0.3) is 0 Å². The van der Waals surface area contributed by atoms with Crippen LogP contribution >= 0.6 is 0 Å². The molecule has 1 aliphatic heterocycles. The van der Waals surface area contributed by atoms with Crippen molar-refractivity contribution in [2.75, 3.05) is 32.8 Å². The van der Waals surface area contributed by atoms with Gasteiger partial charge in [0.2, 0.25) is 5.91 Å². The van der Waals surface area contributed by atoms with E-state index in [1.807, 2.05) is 11.8 Å². The highest BCUT2D eigenvalue weighted by molar-refractivity contribution is 5.80. The number of hydrogen-bond acceptors (Lipinski definition) is 4. The quantitative estimate of drug-likeness (QED) is 0.676. The molecule has 0 aromatic carbocycles. The third-order valence-corrected chi connectivity index (χ3v) is 4.06. The van der Waals surface area contributed by atoms with Crippen LogP contribution in [0.3, 0.4) is 0 Å². The Kier molecular flexibility index (Phi) is 7.87. The highest BCUT2D eigenvalue weighted by atomic mass is 16.5. The normalized spacial score (nSPS) is 19.1. The molecule has 128 valence electrons. The number of piperidine rings is 1. The summed E-state index contributed by atoms with van der Waals surface area (Å²) in [6.45, 7) is 13.4.